The van der Waals surface area contributed by atoms with E-state index in [1.54, 1.807) is 67.1 Å². The van der Waals surface area contributed by atoms with E-state index in [2.05, 4.69) is 73.1 Å². The van der Waals surface area contributed by atoms with E-state index in [1.165, 1.54) is 73.4 Å². The number of carboxylic acids is 2. The molecule has 43 nitrogen and oxygen atoms in total. The van der Waals surface area contributed by atoms with Crippen LogP contribution in [0.1, 0.15) is 165 Å². The molecule has 3 aromatic heterocycles. The van der Waals surface area contributed by atoms with Crippen molar-refractivity contribution in [1.29, 1.82) is 0 Å². The highest BCUT2D eigenvalue weighted by Gasteiger charge is 2.46. The Kier molecular flexibility index (Phi) is 41.1. The number of carboxylic acid groups (broad SMARTS) is 2. The Balaban J connectivity index is 1.11. The molecular formula is C93H130N22O21S. The molecule has 3 aliphatic heterocycles. The molecule has 0 bridgehead atoms. The number of nitrogens with zero attached hydrogens (tertiary/aromatic N) is 6. The number of likely N-dealkylation sites (N-methyl/N-ethyl adjacent to an activating group) is 3. The Morgan fingerprint density at radius 2 is 0.964 bits per heavy atom. The van der Waals surface area contributed by atoms with Gasteiger partial charge in [0, 0.05) is 112 Å². The third-order valence-corrected chi connectivity index (χ3v) is 26.0. The summed E-state index contributed by atoms with van der Waals surface area (Å²) in [5, 5.41) is 58.6. The summed E-state index contributed by atoms with van der Waals surface area (Å²) in [6, 6.07) is -1.22. The first kappa shape index (κ1) is 107. The van der Waals surface area contributed by atoms with Crippen molar-refractivity contribution in [3.63, 3.8) is 0 Å². The molecule has 137 heavy (non-hydrogen) atoms. The molecule has 744 valence electrons. The van der Waals surface area contributed by atoms with Crippen LogP contribution >= 0.6 is 11.8 Å². The second kappa shape index (κ2) is 52.5. The first-order chi connectivity index (χ1) is 65.5. The first-order valence-corrected chi connectivity index (χ1v) is 47.7. The summed E-state index contributed by atoms with van der Waals surface area (Å²) in [7, 11) is 3.94. The zero-order chi connectivity index (χ0) is 99.7. The number of nitrogens with two attached hydrogens (primary N) is 3. The Labute approximate surface area is 796 Å². The van der Waals surface area contributed by atoms with Gasteiger partial charge in [0.25, 0.3) is 0 Å². The minimum atomic E-state index is -1.77. The number of para-hydroxylation sites is 2. The molecule has 0 radical (unpaired) electrons. The lowest BCUT2D eigenvalue weighted by Crippen LogP contribution is -2.61. The third-order valence-electron chi connectivity index (χ3n) is 25.0. The maximum Gasteiger partial charge on any atom is 0.303 e. The third kappa shape index (κ3) is 30.5. The highest BCUT2D eigenvalue weighted by atomic mass is 32.2. The van der Waals surface area contributed by atoms with Crippen LogP contribution in [-0.4, -0.2) is 316 Å². The number of aliphatic carboxylic acids is 2. The number of thioether (sulfide) groups is 1. The van der Waals surface area contributed by atoms with Crippen molar-refractivity contribution in [1.82, 2.24) is 97.6 Å². The number of carbonyl (C=O) groups excluding carboxylic acids is 16. The lowest BCUT2D eigenvalue weighted by molar-refractivity contribution is -0.149. The number of aryl methyl sites for hydroxylation is 1. The van der Waals surface area contributed by atoms with Crippen LogP contribution in [-0.2, 0) is 112 Å². The standard InChI is InChI=1S/C93H130N22O21S/c1-7-9-24-72-86(129)104-65(34-36-78(119)120)84(127)110-71(81(124)100-49-76(96)117)50-137-51-77(118)102-69(43-54-28-31-58(116)32-29-54)89(132)111(4)53(3)80(123)106-67(38-40-95)92(135)115-42-17-26-73(115)87(130)105-64(33-30-57-48-97-52-101-57)83(126)107-66(35-37-79(121)122)91(134)114-41-18-27-74(114)88(131)108-68(44-55-46-98-61-21-13-11-19-59(55)61)85(128)103-63(23-15-16-39-94)82(125)109-70(45-56-47-99-62-22-14-12-20-60(56)62)90(133)113(6)75(25-10-8-2)93(136)112(72)5/h11-14,19-22,28-29,31-32,46-48,52-53,63-75,98-99,116H,7-10,15-18,23-27,30,33-45,49-51,94-95H2,1-6H3,(H2,96,117)(H,97,101)(H,100,124)(H,102,118)(H,103,128)(H,104,129)(H,105,130)(H,106,123)(H,107,126)(H,108,131)(H,109,125)(H,110,127)(H,119,120)(H,121,122)/t53-,63-,64-,65-,66-,67-,68-,69-,70-,71-,72-,73-,74-,75-/m0/s1. The maximum absolute atomic E-state index is 15.9. The van der Waals surface area contributed by atoms with Crippen molar-refractivity contribution in [2.45, 2.75) is 253 Å². The Hall–Kier alpha value is -13.5. The van der Waals surface area contributed by atoms with Crippen LogP contribution in [0.15, 0.2) is 97.7 Å². The predicted molar refractivity (Wildman–Crippen MR) is 504 cm³/mol. The second-order valence-electron chi connectivity index (χ2n) is 34.9. The molecule has 0 aliphatic carbocycles. The molecule has 6 aromatic rings. The van der Waals surface area contributed by atoms with E-state index < -0.39 is 235 Å². The monoisotopic (exact) mass is 1920 g/mol. The Bertz CT molecular complexity index is 5230. The van der Waals surface area contributed by atoms with Gasteiger partial charge in [0.05, 0.1) is 24.3 Å². The quantitative estimate of drug-likeness (QED) is 0.0253. The van der Waals surface area contributed by atoms with Gasteiger partial charge in [-0.1, -0.05) is 88.1 Å². The van der Waals surface area contributed by atoms with Gasteiger partial charge in [-0.15, -0.1) is 11.8 Å². The van der Waals surface area contributed by atoms with E-state index in [-0.39, 0.29) is 128 Å². The zero-order valence-electron chi connectivity index (χ0n) is 78.0. The highest BCUT2D eigenvalue weighted by molar-refractivity contribution is 8.00. The number of amides is 16. The van der Waals surface area contributed by atoms with Crippen molar-refractivity contribution < 1.29 is 102 Å². The molecule has 6 heterocycles. The number of nitrogens with one attached hydrogen (secondary N) is 13. The van der Waals surface area contributed by atoms with Crippen LogP contribution in [0.2, 0.25) is 0 Å². The number of primary amides is 1. The number of unbranched alkanes of at least 4 members (excludes halogenated alkanes) is 3. The van der Waals surface area contributed by atoms with Crippen LogP contribution < -0.4 is 70.4 Å². The lowest BCUT2D eigenvalue weighted by Gasteiger charge is -2.36. The van der Waals surface area contributed by atoms with Gasteiger partial charge in [-0.05, 0) is 151 Å². The largest absolute Gasteiger partial charge is 0.508 e. The maximum atomic E-state index is 15.9. The molecule has 22 N–H and O–H groups in total. The van der Waals surface area contributed by atoms with Crippen LogP contribution in [0.5, 0.6) is 5.75 Å². The molecule has 0 unspecified atom stereocenters. The molecule has 9 rings (SSSR count). The van der Waals surface area contributed by atoms with Gasteiger partial charge >= 0.3 is 11.9 Å². The van der Waals surface area contributed by atoms with Crippen LogP contribution in [0.3, 0.4) is 0 Å². The van der Waals surface area contributed by atoms with E-state index in [4.69, 9.17) is 17.2 Å². The number of hydrogen-bond acceptors (Lipinski definition) is 23. The molecule has 3 fully saturated rings. The molecule has 0 saturated carbocycles. The van der Waals surface area contributed by atoms with Crippen molar-refractivity contribution >= 4 is 140 Å². The zero-order valence-corrected chi connectivity index (χ0v) is 78.9. The molecule has 14 atom stereocenters. The molecule has 0 spiro atoms. The van der Waals surface area contributed by atoms with Gasteiger partial charge in [0.2, 0.25) is 94.5 Å². The number of imidazole rings is 1. The number of benzene rings is 3. The van der Waals surface area contributed by atoms with E-state index in [0.717, 1.165) is 21.6 Å². The number of fused-ring (bicyclic) bond motifs is 4. The van der Waals surface area contributed by atoms with Crippen molar-refractivity contribution in [2.24, 2.45) is 17.2 Å². The first-order valence-electron chi connectivity index (χ1n) is 46.5. The fourth-order valence-corrected chi connectivity index (χ4v) is 18.0. The molecule has 16 amide bonds. The van der Waals surface area contributed by atoms with E-state index in [1.807, 2.05) is 13.8 Å². The van der Waals surface area contributed by atoms with E-state index >= 15 is 38.4 Å². The summed E-state index contributed by atoms with van der Waals surface area (Å²) in [5.74, 6) is -18.4. The Morgan fingerprint density at radius 1 is 0.482 bits per heavy atom. The van der Waals surface area contributed by atoms with Crippen LogP contribution in [0.4, 0.5) is 0 Å². The van der Waals surface area contributed by atoms with Gasteiger partial charge in [0.1, 0.15) is 90.3 Å². The SMILES string of the molecule is CCCC[C@H]1C(=O)N(C)[C@@H](CCCC)C(=O)N[C@@H](CCC(=O)O)C(=O)N[C@H](C(=O)NCC(N)=O)CSCC(=O)N[C@@H](Cc2ccc(O)cc2)C(=O)N(C)[C@@H](C)C(=O)N[C@@H](CCN)C(=O)N2CCC[C@H]2C(=O)N[C@@H](CCc2c[nH]cn2)C(=O)N[C@@H](CCC(=O)O)C(=O)N2CCC[C@H]2C(=O)N[C@@H](Cc2c[nH]c3ccccc23)C(=O)N[C@@H](CCCCN)C(=O)N[C@@H](Cc2c[nH]c3ccccc23)C(=O)N1C. The second-order valence-corrected chi connectivity index (χ2v) is 35.9. The van der Waals surface area contributed by atoms with Crippen molar-refractivity contribution in [3.05, 3.63) is 120 Å². The summed E-state index contributed by atoms with van der Waals surface area (Å²) in [5.41, 5.74) is 20.8. The van der Waals surface area contributed by atoms with Crippen LogP contribution in [0.25, 0.3) is 21.8 Å². The number of rotatable bonds is 30. The summed E-state index contributed by atoms with van der Waals surface area (Å²) < 4.78 is 0. The molecular weight excluding hydrogens is 1790 g/mol. The summed E-state index contributed by atoms with van der Waals surface area (Å²) in [4.78, 5) is 282. The predicted octanol–water partition coefficient (Wildman–Crippen LogP) is -0.479. The smallest absolute Gasteiger partial charge is 0.303 e. The molecule has 3 saturated heterocycles. The van der Waals surface area contributed by atoms with Gasteiger partial charge in [-0.2, -0.15) is 0 Å². The number of H-pyrrole nitrogens is 3. The number of aromatic hydroxyl groups is 1. The topological polar surface area (TPSA) is 643 Å². The molecule has 44 heteroatoms. The molecule has 3 aromatic carbocycles. The fourth-order valence-electron chi connectivity index (χ4n) is 17.1. The number of aromatic nitrogens is 4. The molecule has 3 aliphatic rings. The van der Waals surface area contributed by atoms with Gasteiger partial charge in [0.15, 0.2) is 0 Å². The van der Waals surface area contributed by atoms with E-state index in [0.29, 0.717) is 69.9 Å². The minimum absolute atomic E-state index is 0.00304. The summed E-state index contributed by atoms with van der Waals surface area (Å²) in [6.45, 7) is 4.06. The Morgan fingerprint density at radius 3 is 1.53 bits per heavy atom. The lowest BCUT2D eigenvalue weighted by atomic mass is 9.99. The van der Waals surface area contributed by atoms with Crippen molar-refractivity contribution in [2.75, 3.05) is 65.4 Å². The number of hydrogen-bond donors (Lipinski definition) is 19. The fraction of sp³-hybridized carbons (Fsp3) is 0.538. The number of carbonyl (C=O) groups is 18. The minimum Gasteiger partial charge on any atom is -0.508 e. The van der Waals surface area contributed by atoms with Gasteiger partial charge in [-0.25, -0.2) is 4.98 Å². The van der Waals surface area contributed by atoms with Crippen molar-refractivity contribution in [3.8, 4) is 5.75 Å². The van der Waals surface area contributed by atoms with Gasteiger partial charge < -0.3 is 125 Å². The number of phenols is 1. The number of aromatic amines is 3. The summed E-state index contributed by atoms with van der Waals surface area (Å²) >= 11 is 0.735. The van der Waals surface area contributed by atoms with Gasteiger partial charge in [-0.3, -0.25) is 86.3 Å². The average molecular weight is 1920 g/mol. The normalized spacial score (nSPS) is 24.0. The summed E-state index contributed by atoms with van der Waals surface area (Å²) in [6.07, 6.45) is 5.06. The number of phenolic OH excluding ortho intramolecular Hbond substituents is 1. The highest BCUT2D eigenvalue weighted by Crippen LogP contribution is 2.28. The van der Waals surface area contributed by atoms with Crippen LogP contribution in [0, 0.1) is 0 Å². The average Bonchev–Trinajstić information content (AvgIpc) is 1.68. The van der Waals surface area contributed by atoms with E-state index in [9.17, 15) is 63.3 Å².